The van der Waals surface area contributed by atoms with Crippen LogP contribution in [0.4, 0.5) is 0 Å². The van der Waals surface area contributed by atoms with Gasteiger partial charge in [0.15, 0.2) is 40.4 Å². The molecule has 2 aromatic carbocycles. The van der Waals surface area contributed by atoms with Gasteiger partial charge >= 0.3 is 5.97 Å². The van der Waals surface area contributed by atoms with Gasteiger partial charge in [-0.3, -0.25) is 0 Å². The summed E-state index contributed by atoms with van der Waals surface area (Å²) >= 11 is 0. The molecule has 9 atom stereocenters. The van der Waals surface area contributed by atoms with Crippen molar-refractivity contribution in [2.24, 2.45) is 0 Å². The lowest BCUT2D eigenvalue weighted by Gasteiger charge is -2.44. The number of carbonyl (C=O) groups is 1. The number of carbonyl (C=O) groups excluding carboxylic acids is 1. The van der Waals surface area contributed by atoms with E-state index in [2.05, 4.69) is 67.7 Å². The van der Waals surface area contributed by atoms with Gasteiger partial charge in [0.25, 0.3) is 0 Å². The number of hydrogen-bond acceptors (Lipinski definition) is 11. The Bertz CT molecular complexity index is 1590. The van der Waals surface area contributed by atoms with Gasteiger partial charge in [-0.25, -0.2) is 4.79 Å². The molecule has 314 valence electrons. The molecule has 2 aromatic rings. The van der Waals surface area contributed by atoms with E-state index in [0.29, 0.717) is 0 Å². The summed E-state index contributed by atoms with van der Waals surface area (Å²) < 4.78 is 59.5. The fourth-order valence-electron chi connectivity index (χ4n) is 6.81. The van der Waals surface area contributed by atoms with Gasteiger partial charge in [0.2, 0.25) is 0 Å². The van der Waals surface area contributed by atoms with E-state index < -0.39 is 89.1 Å². The van der Waals surface area contributed by atoms with Crippen molar-refractivity contribution in [2.45, 2.75) is 185 Å². The average molecular weight is 817 g/mol. The molecule has 3 fully saturated rings. The van der Waals surface area contributed by atoms with Crippen LogP contribution in [-0.2, 0) is 60.0 Å². The molecule has 1 N–H and O–H groups in total. The van der Waals surface area contributed by atoms with E-state index in [9.17, 15) is 9.90 Å². The molecule has 5 rings (SSSR count). The minimum Gasteiger partial charge on any atom is -0.455 e. The van der Waals surface area contributed by atoms with Crippen LogP contribution in [0.2, 0.25) is 36.3 Å². The molecule has 3 saturated heterocycles. The Morgan fingerprint density at radius 1 is 0.732 bits per heavy atom. The van der Waals surface area contributed by atoms with Crippen LogP contribution < -0.4 is 0 Å². The van der Waals surface area contributed by atoms with Gasteiger partial charge in [-0.05, 0) is 75.1 Å². The summed E-state index contributed by atoms with van der Waals surface area (Å²) in [7, 11) is -5.12. The van der Waals surface area contributed by atoms with E-state index in [1.54, 1.807) is 0 Å². The number of aliphatic hydroxyl groups excluding tert-OH is 1. The zero-order valence-electron chi connectivity index (χ0n) is 36.1. The lowest BCUT2D eigenvalue weighted by molar-refractivity contribution is -0.209. The Balaban J connectivity index is 1.61. The van der Waals surface area contributed by atoms with Crippen molar-refractivity contribution < 1.29 is 51.9 Å². The van der Waals surface area contributed by atoms with Crippen molar-refractivity contribution >= 4 is 22.6 Å². The molecule has 0 radical (unpaired) electrons. The van der Waals surface area contributed by atoms with Crippen LogP contribution >= 0.6 is 0 Å². The van der Waals surface area contributed by atoms with Crippen LogP contribution in [0.3, 0.4) is 0 Å². The van der Waals surface area contributed by atoms with Gasteiger partial charge in [0, 0.05) is 0 Å². The fourth-order valence-corrected chi connectivity index (χ4v) is 9.33. The summed E-state index contributed by atoms with van der Waals surface area (Å²) in [4.78, 5) is 14.1. The first kappa shape index (κ1) is 45.1. The molecule has 13 heteroatoms. The molecule has 0 unspecified atom stereocenters. The number of hydrogen-bond donors (Lipinski definition) is 1. The predicted octanol–water partition coefficient (Wildman–Crippen LogP) is 7.90. The SMILES string of the molecule is CC1(C)O[C@H]([C@H](OCc2ccccc2)[C@@H](OCc2ccccc2)[C@@H](O)[C@@H]2OC(=O)[C@H](O[Si](C)(C)C(C)(C)C)[C@H]2O[Si](C)(C)C(C)(C)C)[C@@H]([C@H]2COC(C)(C)O2)O1. The fraction of sp³-hybridized carbons (Fsp3) is 0.698. The van der Waals surface area contributed by atoms with E-state index in [1.807, 2.05) is 88.4 Å². The highest BCUT2D eigenvalue weighted by Gasteiger charge is 2.60. The van der Waals surface area contributed by atoms with Crippen LogP contribution in [0.1, 0.15) is 80.4 Å². The molecule has 56 heavy (non-hydrogen) atoms. The summed E-state index contributed by atoms with van der Waals surface area (Å²) in [6.45, 7) is 29.2. The standard InChI is InChI=1S/C43H68O11Si2/c1-40(2,3)55(11,12)53-37-34(49-39(45)38(37)54-56(13,14)41(4,5)6)31(44)33(46-25-28-21-17-15-18-22-28)35(47-26-29-23-19-16-20-24-29)36-32(51-43(9,10)52-36)30-27-48-42(7,8)50-30/h15-24,30-38,44H,25-27H2,1-14H3/t30-,31-,32-,33+,34+,35-,36+,37+,38-/m1/s1. The van der Waals surface area contributed by atoms with Crippen molar-refractivity contribution in [3.63, 3.8) is 0 Å². The summed E-state index contributed by atoms with van der Waals surface area (Å²) in [5.74, 6) is -2.44. The average Bonchev–Trinajstić information content (AvgIpc) is 3.72. The molecule has 3 aliphatic heterocycles. The van der Waals surface area contributed by atoms with E-state index in [1.165, 1.54) is 0 Å². The first-order chi connectivity index (χ1) is 25.8. The first-order valence-corrected chi connectivity index (χ1v) is 25.9. The van der Waals surface area contributed by atoms with Crippen LogP contribution in [0.25, 0.3) is 0 Å². The van der Waals surface area contributed by atoms with Gasteiger partial charge in [-0.1, -0.05) is 102 Å². The molecule has 0 bridgehead atoms. The lowest BCUT2D eigenvalue weighted by atomic mass is 9.92. The van der Waals surface area contributed by atoms with Gasteiger partial charge in [-0.15, -0.1) is 0 Å². The van der Waals surface area contributed by atoms with Gasteiger partial charge in [0.05, 0.1) is 19.8 Å². The molecular weight excluding hydrogens is 749 g/mol. The van der Waals surface area contributed by atoms with E-state index in [-0.39, 0.29) is 29.9 Å². The number of aliphatic hydroxyl groups is 1. The first-order valence-electron chi connectivity index (χ1n) is 20.0. The number of esters is 1. The molecule has 0 amide bonds. The smallest absolute Gasteiger partial charge is 0.337 e. The monoisotopic (exact) mass is 816 g/mol. The molecule has 0 saturated carbocycles. The number of rotatable bonds is 15. The van der Waals surface area contributed by atoms with Crippen molar-refractivity contribution in [3.8, 4) is 0 Å². The largest absolute Gasteiger partial charge is 0.455 e. The second kappa shape index (κ2) is 16.9. The Hall–Kier alpha value is -2.02. The third-order valence-corrected chi connectivity index (χ3v) is 21.0. The zero-order valence-corrected chi connectivity index (χ0v) is 38.1. The Labute approximate surface area is 337 Å². The summed E-state index contributed by atoms with van der Waals surface area (Å²) in [5.41, 5.74) is 1.80. The summed E-state index contributed by atoms with van der Waals surface area (Å²) in [6, 6.07) is 19.5. The summed E-state index contributed by atoms with van der Waals surface area (Å²) in [5, 5.41) is 12.5. The van der Waals surface area contributed by atoms with Crippen LogP contribution in [-0.4, -0.2) is 101 Å². The molecule has 11 nitrogen and oxygen atoms in total. The maximum absolute atomic E-state index is 14.1. The van der Waals surface area contributed by atoms with E-state index >= 15 is 0 Å². The molecule has 0 aromatic heterocycles. The van der Waals surface area contributed by atoms with Crippen LogP contribution in [0.5, 0.6) is 0 Å². The van der Waals surface area contributed by atoms with Crippen molar-refractivity contribution in [1.82, 2.24) is 0 Å². The third-order valence-electron chi connectivity index (χ3n) is 12.0. The summed E-state index contributed by atoms with van der Waals surface area (Å²) in [6.07, 6.45) is -8.63. The van der Waals surface area contributed by atoms with Crippen molar-refractivity contribution in [3.05, 3.63) is 71.8 Å². The predicted molar refractivity (Wildman–Crippen MR) is 219 cm³/mol. The second-order valence-corrected chi connectivity index (χ2v) is 29.0. The lowest BCUT2D eigenvalue weighted by Crippen LogP contribution is -2.59. The van der Waals surface area contributed by atoms with E-state index in [4.69, 9.17) is 42.0 Å². The minimum atomic E-state index is -2.58. The van der Waals surface area contributed by atoms with Gasteiger partial charge in [-0.2, -0.15) is 0 Å². The molecule has 3 heterocycles. The Kier molecular flexibility index (Phi) is 13.6. The number of cyclic esters (lactones) is 1. The van der Waals surface area contributed by atoms with Gasteiger partial charge in [0.1, 0.15) is 42.7 Å². The maximum atomic E-state index is 14.1. The van der Waals surface area contributed by atoms with Gasteiger partial charge < -0.3 is 47.1 Å². The number of ether oxygens (including phenoxy) is 7. The van der Waals surface area contributed by atoms with Crippen LogP contribution in [0.15, 0.2) is 60.7 Å². The molecule has 0 spiro atoms. The highest BCUT2D eigenvalue weighted by molar-refractivity contribution is 6.74. The Morgan fingerprint density at radius 2 is 1.25 bits per heavy atom. The van der Waals surface area contributed by atoms with Crippen LogP contribution in [0, 0.1) is 0 Å². The minimum absolute atomic E-state index is 0.129. The highest BCUT2D eigenvalue weighted by atomic mass is 28.4. The quantitative estimate of drug-likeness (QED) is 0.140. The normalized spacial score (nSPS) is 28.6. The second-order valence-electron chi connectivity index (χ2n) is 19.5. The maximum Gasteiger partial charge on any atom is 0.337 e. The van der Waals surface area contributed by atoms with Crippen molar-refractivity contribution in [2.75, 3.05) is 6.61 Å². The topological polar surface area (TPSA) is 120 Å². The number of benzene rings is 2. The molecule has 3 aliphatic rings. The van der Waals surface area contributed by atoms with E-state index in [0.717, 1.165) is 11.1 Å². The third kappa shape index (κ3) is 10.6. The highest BCUT2D eigenvalue weighted by Crippen LogP contribution is 2.45. The molecular formula is C43H68O11Si2. The van der Waals surface area contributed by atoms with Crippen molar-refractivity contribution in [1.29, 1.82) is 0 Å². The zero-order chi connectivity index (χ0) is 41.5. The molecule has 0 aliphatic carbocycles. The Morgan fingerprint density at radius 3 is 1.75 bits per heavy atom.